The summed E-state index contributed by atoms with van der Waals surface area (Å²) in [5.74, 6) is -0.979. The summed E-state index contributed by atoms with van der Waals surface area (Å²) in [6.45, 7) is 1.19. The van der Waals surface area contributed by atoms with Crippen molar-refractivity contribution >= 4 is 11.6 Å². The number of hydrogen-bond donors (Lipinski definition) is 4. The van der Waals surface area contributed by atoms with Crippen molar-refractivity contribution in [1.29, 1.82) is 0 Å². The highest BCUT2D eigenvalue weighted by Crippen LogP contribution is 2.20. The van der Waals surface area contributed by atoms with Crippen LogP contribution in [0.2, 0.25) is 0 Å². The Morgan fingerprint density at radius 2 is 2.18 bits per heavy atom. The Bertz CT molecular complexity index is 412. The van der Waals surface area contributed by atoms with Gasteiger partial charge < -0.3 is 21.3 Å². The number of carbonyl (C=O) groups excluding carboxylic acids is 1. The molecule has 1 aromatic rings. The molecule has 0 aliphatic heterocycles. The van der Waals surface area contributed by atoms with Crippen molar-refractivity contribution in [3.8, 4) is 0 Å². The summed E-state index contributed by atoms with van der Waals surface area (Å²) in [5.41, 5.74) is 5.46. The molecule has 0 aromatic heterocycles. The first-order valence-corrected chi connectivity index (χ1v) is 5.07. The Labute approximate surface area is 98.1 Å². The molecule has 94 valence electrons. The van der Waals surface area contributed by atoms with Crippen LogP contribution in [0.3, 0.4) is 0 Å². The lowest BCUT2D eigenvalue weighted by atomic mass is 10.0. The first kappa shape index (κ1) is 13.4. The lowest BCUT2D eigenvalue weighted by Crippen LogP contribution is -2.34. The molecule has 5 N–H and O–H groups in total. The fourth-order valence-corrected chi connectivity index (χ4v) is 1.31. The van der Waals surface area contributed by atoms with Crippen LogP contribution in [0, 0.1) is 5.82 Å². The maximum absolute atomic E-state index is 13.1. The highest BCUT2D eigenvalue weighted by molar-refractivity contribution is 5.72. The monoisotopic (exact) mass is 242 g/mol. The largest absolute Gasteiger partial charge is 0.396 e. The minimum atomic E-state index is -1.28. The average molecular weight is 242 g/mol. The number of carbonyl (C=O) groups is 1. The highest BCUT2D eigenvalue weighted by atomic mass is 19.1. The number of nitrogens with two attached hydrogens (primary N) is 1. The summed E-state index contributed by atoms with van der Waals surface area (Å²) in [6.07, 6.45) is -2.49. The molecule has 0 saturated heterocycles. The summed E-state index contributed by atoms with van der Waals surface area (Å²) >= 11 is 0. The van der Waals surface area contributed by atoms with E-state index in [1.165, 1.54) is 19.1 Å². The number of anilines is 1. The van der Waals surface area contributed by atoms with Gasteiger partial charge in [-0.05, 0) is 17.7 Å². The van der Waals surface area contributed by atoms with Crippen LogP contribution in [0.4, 0.5) is 10.1 Å². The summed E-state index contributed by atoms with van der Waals surface area (Å²) in [6, 6.07) is 3.77. The van der Waals surface area contributed by atoms with E-state index in [0.717, 1.165) is 6.07 Å². The van der Waals surface area contributed by atoms with Crippen molar-refractivity contribution in [1.82, 2.24) is 5.32 Å². The third-order valence-electron chi connectivity index (χ3n) is 2.29. The van der Waals surface area contributed by atoms with Gasteiger partial charge in [0.05, 0.1) is 5.69 Å². The standard InChI is InChI=1S/C11H15FN2O3/c1-6(15)14-5-10(16)11(17)7-2-3-9(13)8(12)4-7/h2-4,10-11,16-17H,5,13H2,1H3,(H,14,15). The summed E-state index contributed by atoms with van der Waals surface area (Å²) < 4.78 is 13.1. The number of rotatable bonds is 4. The molecular formula is C11H15FN2O3. The molecule has 0 saturated carbocycles. The molecule has 17 heavy (non-hydrogen) atoms. The van der Waals surface area contributed by atoms with Crippen LogP contribution in [0.25, 0.3) is 0 Å². The zero-order chi connectivity index (χ0) is 13.0. The lowest BCUT2D eigenvalue weighted by molar-refractivity contribution is -0.119. The van der Waals surface area contributed by atoms with E-state index in [1.54, 1.807) is 0 Å². The molecule has 6 heteroatoms. The van der Waals surface area contributed by atoms with Crippen LogP contribution in [0.1, 0.15) is 18.6 Å². The van der Waals surface area contributed by atoms with Gasteiger partial charge in [0, 0.05) is 13.5 Å². The zero-order valence-electron chi connectivity index (χ0n) is 9.35. The molecule has 0 bridgehead atoms. The fourth-order valence-electron chi connectivity index (χ4n) is 1.31. The summed E-state index contributed by atoms with van der Waals surface area (Å²) in [5, 5.41) is 21.6. The molecular weight excluding hydrogens is 227 g/mol. The van der Waals surface area contributed by atoms with E-state index in [-0.39, 0.29) is 23.7 Å². The second kappa shape index (κ2) is 5.60. The maximum atomic E-state index is 13.1. The predicted octanol–water partition coefficient (Wildman–Crippen LogP) is -0.0617. The van der Waals surface area contributed by atoms with Crippen molar-refractivity contribution in [3.05, 3.63) is 29.6 Å². The lowest BCUT2D eigenvalue weighted by Gasteiger charge is -2.18. The number of hydrogen-bond acceptors (Lipinski definition) is 4. The van der Waals surface area contributed by atoms with E-state index in [1.807, 2.05) is 0 Å². The van der Waals surface area contributed by atoms with E-state index >= 15 is 0 Å². The average Bonchev–Trinajstić information content (AvgIpc) is 2.28. The minimum absolute atomic E-state index is 0.0303. The highest BCUT2D eigenvalue weighted by Gasteiger charge is 2.19. The Balaban J connectivity index is 2.70. The molecule has 2 atom stereocenters. The van der Waals surface area contributed by atoms with Gasteiger partial charge in [0.25, 0.3) is 0 Å². The molecule has 0 fully saturated rings. The van der Waals surface area contributed by atoms with Crippen molar-refractivity contribution < 1.29 is 19.4 Å². The van der Waals surface area contributed by atoms with Gasteiger partial charge in [-0.2, -0.15) is 0 Å². The van der Waals surface area contributed by atoms with Gasteiger partial charge in [-0.1, -0.05) is 6.07 Å². The molecule has 2 unspecified atom stereocenters. The van der Waals surface area contributed by atoms with Gasteiger partial charge in [-0.3, -0.25) is 4.79 Å². The number of amides is 1. The van der Waals surface area contributed by atoms with E-state index in [2.05, 4.69) is 5.32 Å². The van der Waals surface area contributed by atoms with Crippen molar-refractivity contribution in [2.75, 3.05) is 12.3 Å². The van der Waals surface area contributed by atoms with Crippen molar-refractivity contribution in [2.45, 2.75) is 19.1 Å². The molecule has 1 rings (SSSR count). The van der Waals surface area contributed by atoms with Gasteiger partial charge in [0.15, 0.2) is 0 Å². The van der Waals surface area contributed by atoms with Gasteiger partial charge in [-0.15, -0.1) is 0 Å². The Kier molecular flexibility index (Phi) is 4.42. The second-order valence-corrected chi connectivity index (χ2v) is 3.73. The quantitative estimate of drug-likeness (QED) is 0.556. The molecule has 1 amide bonds. The van der Waals surface area contributed by atoms with Crippen LogP contribution in [-0.4, -0.2) is 28.8 Å². The predicted molar refractivity (Wildman–Crippen MR) is 60.5 cm³/mol. The molecule has 1 aromatic carbocycles. The fraction of sp³-hybridized carbons (Fsp3) is 0.364. The minimum Gasteiger partial charge on any atom is -0.396 e. The normalized spacial score (nSPS) is 14.1. The van der Waals surface area contributed by atoms with Gasteiger partial charge in [-0.25, -0.2) is 4.39 Å². The van der Waals surface area contributed by atoms with Crippen LogP contribution in [0.15, 0.2) is 18.2 Å². The Morgan fingerprint density at radius 3 is 2.71 bits per heavy atom. The van der Waals surface area contributed by atoms with E-state index in [4.69, 9.17) is 5.73 Å². The SMILES string of the molecule is CC(=O)NCC(O)C(O)c1ccc(N)c(F)c1. The van der Waals surface area contributed by atoms with Gasteiger partial charge in [0.2, 0.25) is 5.91 Å². The zero-order valence-corrected chi connectivity index (χ0v) is 9.35. The van der Waals surface area contributed by atoms with Gasteiger partial charge >= 0.3 is 0 Å². The van der Waals surface area contributed by atoms with Crippen LogP contribution < -0.4 is 11.1 Å². The Morgan fingerprint density at radius 1 is 1.53 bits per heavy atom. The number of nitrogen functional groups attached to an aromatic ring is 1. The van der Waals surface area contributed by atoms with Crippen LogP contribution in [-0.2, 0) is 4.79 Å². The van der Waals surface area contributed by atoms with E-state index in [9.17, 15) is 19.4 Å². The van der Waals surface area contributed by atoms with E-state index < -0.39 is 18.0 Å². The van der Waals surface area contributed by atoms with Crippen molar-refractivity contribution in [3.63, 3.8) is 0 Å². The maximum Gasteiger partial charge on any atom is 0.216 e. The number of nitrogens with one attached hydrogen (secondary N) is 1. The smallest absolute Gasteiger partial charge is 0.216 e. The molecule has 0 heterocycles. The number of aliphatic hydroxyl groups is 2. The number of aliphatic hydroxyl groups excluding tert-OH is 2. The number of benzene rings is 1. The summed E-state index contributed by atoms with van der Waals surface area (Å²) in [7, 11) is 0. The van der Waals surface area contributed by atoms with Crippen molar-refractivity contribution in [2.24, 2.45) is 0 Å². The molecule has 0 aliphatic rings. The summed E-state index contributed by atoms with van der Waals surface area (Å²) in [4.78, 5) is 10.6. The Hall–Kier alpha value is -1.66. The molecule has 0 spiro atoms. The van der Waals surface area contributed by atoms with Crippen LogP contribution in [0.5, 0.6) is 0 Å². The van der Waals surface area contributed by atoms with E-state index in [0.29, 0.717) is 0 Å². The first-order chi connectivity index (χ1) is 7.91. The molecule has 5 nitrogen and oxygen atoms in total. The first-order valence-electron chi connectivity index (χ1n) is 5.07. The third kappa shape index (κ3) is 3.69. The second-order valence-electron chi connectivity index (χ2n) is 3.73. The topological polar surface area (TPSA) is 95.6 Å². The number of halogens is 1. The molecule has 0 radical (unpaired) electrons. The van der Waals surface area contributed by atoms with Gasteiger partial charge in [0.1, 0.15) is 18.0 Å². The molecule has 0 aliphatic carbocycles. The third-order valence-corrected chi connectivity index (χ3v) is 2.29. The van der Waals surface area contributed by atoms with Crippen LogP contribution >= 0.6 is 0 Å².